The monoisotopic (exact) mass is 252 g/mol. The van der Waals surface area contributed by atoms with E-state index >= 15 is 0 Å². The highest BCUT2D eigenvalue weighted by Crippen LogP contribution is 2.24. The number of hydrogen-bond acceptors (Lipinski definition) is 2. The van der Waals surface area contributed by atoms with E-state index < -0.39 is 0 Å². The van der Waals surface area contributed by atoms with Crippen molar-refractivity contribution >= 4 is 0 Å². The van der Waals surface area contributed by atoms with Gasteiger partial charge in [0.15, 0.2) is 11.6 Å². The third-order valence-corrected chi connectivity index (χ3v) is 3.32. The minimum Gasteiger partial charge on any atom is -0.348 e. The molecule has 2 heterocycles. The number of rotatable bonds is 2. The van der Waals surface area contributed by atoms with Crippen molar-refractivity contribution in [2.45, 2.75) is 6.92 Å². The van der Waals surface area contributed by atoms with Gasteiger partial charge < -0.3 is 4.57 Å². The first-order valence-corrected chi connectivity index (χ1v) is 6.25. The first kappa shape index (κ1) is 11.7. The molecule has 0 fully saturated rings. The SMILES string of the molecule is Cc1ccccc1-c1nc(-c2cccn2C)nn1C. The second-order valence-corrected chi connectivity index (χ2v) is 4.70. The third kappa shape index (κ3) is 1.95. The fraction of sp³-hybridized carbons (Fsp3) is 0.200. The highest BCUT2D eigenvalue weighted by molar-refractivity contribution is 5.63. The van der Waals surface area contributed by atoms with E-state index in [1.807, 2.05) is 53.8 Å². The molecule has 0 radical (unpaired) electrons. The highest BCUT2D eigenvalue weighted by atomic mass is 15.3. The minimum absolute atomic E-state index is 0.758. The van der Waals surface area contributed by atoms with E-state index in [4.69, 9.17) is 0 Å². The van der Waals surface area contributed by atoms with E-state index in [1.165, 1.54) is 5.56 Å². The van der Waals surface area contributed by atoms with Gasteiger partial charge >= 0.3 is 0 Å². The summed E-state index contributed by atoms with van der Waals surface area (Å²) in [7, 11) is 3.93. The Morgan fingerprint density at radius 3 is 2.47 bits per heavy atom. The van der Waals surface area contributed by atoms with Crippen molar-refractivity contribution in [1.82, 2.24) is 19.3 Å². The van der Waals surface area contributed by atoms with Gasteiger partial charge in [-0.25, -0.2) is 9.67 Å². The summed E-state index contributed by atoms with van der Waals surface area (Å²) in [6.07, 6.45) is 2.00. The van der Waals surface area contributed by atoms with Crippen LogP contribution >= 0.6 is 0 Å². The summed E-state index contributed by atoms with van der Waals surface area (Å²) >= 11 is 0. The lowest BCUT2D eigenvalue weighted by Gasteiger charge is -2.03. The lowest BCUT2D eigenvalue weighted by atomic mass is 10.1. The average molecular weight is 252 g/mol. The van der Waals surface area contributed by atoms with Crippen molar-refractivity contribution in [3.63, 3.8) is 0 Å². The number of aromatic nitrogens is 4. The minimum atomic E-state index is 0.758. The van der Waals surface area contributed by atoms with Crippen LogP contribution in [-0.2, 0) is 14.1 Å². The van der Waals surface area contributed by atoms with Gasteiger partial charge in [-0.1, -0.05) is 24.3 Å². The maximum Gasteiger partial charge on any atom is 0.198 e. The van der Waals surface area contributed by atoms with Crippen LogP contribution < -0.4 is 0 Å². The Morgan fingerprint density at radius 1 is 1.00 bits per heavy atom. The molecule has 3 aromatic rings. The molecule has 0 aliphatic rings. The van der Waals surface area contributed by atoms with Gasteiger partial charge in [-0.05, 0) is 24.6 Å². The highest BCUT2D eigenvalue weighted by Gasteiger charge is 2.13. The summed E-state index contributed by atoms with van der Waals surface area (Å²) in [5.41, 5.74) is 3.35. The Hall–Kier alpha value is -2.36. The molecule has 0 N–H and O–H groups in total. The molecule has 4 heteroatoms. The molecule has 96 valence electrons. The van der Waals surface area contributed by atoms with Crippen LogP contribution in [0.25, 0.3) is 22.9 Å². The van der Waals surface area contributed by atoms with Crippen molar-refractivity contribution in [3.05, 3.63) is 48.2 Å². The molecule has 0 saturated carbocycles. The zero-order valence-corrected chi connectivity index (χ0v) is 11.3. The Labute approximate surface area is 112 Å². The largest absolute Gasteiger partial charge is 0.348 e. The maximum absolute atomic E-state index is 4.68. The molecule has 3 rings (SSSR count). The summed E-state index contributed by atoms with van der Waals surface area (Å²) in [6, 6.07) is 12.3. The van der Waals surface area contributed by atoms with Crippen LogP contribution in [0.2, 0.25) is 0 Å². The van der Waals surface area contributed by atoms with E-state index in [2.05, 4.69) is 29.1 Å². The van der Waals surface area contributed by atoms with Crippen molar-refractivity contribution in [1.29, 1.82) is 0 Å². The van der Waals surface area contributed by atoms with Gasteiger partial charge in [0.05, 0.1) is 5.69 Å². The van der Waals surface area contributed by atoms with Gasteiger partial charge in [-0.15, -0.1) is 5.10 Å². The van der Waals surface area contributed by atoms with Crippen molar-refractivity contribution in [3.8, 4) is 22.9 Å². The Balaban J connectivity index is 2.13. The zero-order valence-electron chi connectivity index (χ0n) is 11.3. The Morgan fingerprint density at radius 2 is 1.79 bits per heavy atom. The molecule has 4 nitrogen and oxygen atoms in total. The lowest BCUT2D eigenvalue weighted by molar-refractivity contribution is 0.773. The molecular formula is C15H16N4. The van der Waals surface area contributed by atoms with Crippen LogP contribution in [0.15, 0.2) is 42.6 Å². The van der Waals surface area contributed by atoms with Gasteiger partial charge in [-0.2, -0.15) is 0 Å². The third-order valence-electron chi connectivity index (χ3n) is 3.32. The van der Waals surface area contributed by atoms with Gasteiger partial charge in [0.2, 0.25) is 0 Å². The number of benzene rings is 1. The number of hydrogen-bond donors (Lipinski definition) is 0. The van der Waals surface area contributed by atoms with Gasteiger partial charge in [0, 0.05) is 25.9 Å². The quantitative estimate of drug-likeness (QED) is 0.703. The van der Waals surface area contributed by atoms with E-state index in [-0.39, 0.29) is 0 Å². The molecule has 0 amide bonds. The summed E-state index contributed by atoms with van der Waals surface area (Å²) in [5, 5.41) is 4.52. The first-order valence-electron chi connectivity index (χ1n) is 6.25. The topological polar surface area (TPSA) is 35.6 Å². The smallest absolute Gasteiger partial charge is 0.198 e. The van der Waals surface area contributed by atoms with E-state index in [0.717, 1.165) is 22.9 Å². The lowest BCUT2D eigenvalue weighted by Crippen LogP contribution is -1.96. The second kappa shape index (κ2) is 4.39. The van der Waals surface area contributed by atoms with Crippen LogP contribution in [0, 0.1) is 6.92 Å². The van der Waals surface area contributed by atoms with Crippen LogP contribution in [0.3, 0.4) is 0 Å². The van der Waals surface area contributed by atoms with Crippen LogP contribution in [0.4, 0.5) is 0 Å². The predicted molar refractivity (Wildman–Crippen MR) is 75.6 cm³/mol. The van der Waals surface area contributed by atoms with Gasteiger partial charge in [0.1, 0.15) is 0 Å². The molecule has 0 aliphatic carbocycles. The normalized spacial score (nSPS) is 10.9. The van der Waals surface area contributed by atoms with Crippen LogP contribution in [0.5, 0.6) is 0 Å². The van der Waals surface area contributed by atoms with Gasteiger partial charge in [-0.3, -0.25) is 0 Å². The summed E-state index contributed by atoms with van der Waals surface area (Å²) < 4.78 is 3.86. The molecule has 0 atom stereocenters. The van der Waals surface area contributed by atoms with Crippen molar-refractivity contribution < 1.29 is 0 Å². The second-order valence-electron chi connectivity index (χ2n) is 4.70. The molecule has 0 saturated heterocycles. The fourth-order valence-corrected chi connectivity index (χ4v) is 2.24. The van der Waals surface area contributed by atoms with Gasteiger partial charge in [0.25, 0.3) is 0 Å². The molecule has 0 spiro atoms. The molecule has 0 aliphatic heterocycles. The molecular weight excluding hydrogens is 236 g/mol. The van der Waals surface area contributed by atoms with Crippen molar-refractivity contribution in [2.75, 3.05) is 0 Å². The Kier molecular flexibility index (Phi) is 2.71. The molecule has 0 bridgehead atoms. The molecule has 1 aromatic carbocycles. The van der Waals surface area contributed by atoms with Crippen LogP contribution in [0.1, 0.15) is 5.56 Å². The van der Waals surface area contributed by atoms with E-state index in [0.29, 0.717) is 0 Å². The molecule has 19 heavy (non-hydrogen) atoms. The van der Waals surface area contributed by atoms with E-state index in [1.54, 1.807) is 0 Å². The van der Waals surface area contributed by atoms with Crippen LogP contribution in [-0.4, -0.2) is 19.3 Å². The first-order chi connectivity index (χ1) is 9.16. The van der Waals surface area contributed by atoms with E-state index in [9.17, 15) is 0 Å². The molecule has 0 unspecified atom stereocenters. The summed E-state index contributed by atoms with van der Waals surface area (Å²) in [4.78, 5) is 4.68. The standard InChI is InChI=1S/C15H16N4/c1-11-7-4-5-8-12(11)15-16-14(17-19(15)3)13-9-6-10-18(13)2/h4-10H,1-3H3. The number of nitrogens with zero attached hydrogens (tertiary/aromatic N) is 4. The Bertz CT molecular complexity index is 721. The zero-order chi connectivity index (χ0) is 13.4. The summed E-state index contributed by atoms with van der Waals surface area (Å²) in [6.45, 7) is 2.09. The summed E-state index contributed by atoms with van der Waals surface area (Å²) in [5.74, 6) is 1.66. The predicted octanol–water partition coefficient (Wildman–Crippen LogP) is 2.80. The number of aryl methyl sites for hydroxylation is 3. The van der Waals surface area contributed by atoms with Crippen molar-refractivity contribution in [2.24, 2.45) is 14.1 Å². The maximum atomic E-state index is 4.68. The fourth-order valence-electron chi connectivity index (χ4n) is 2.24. The molecule has 2 aromatic heterocycles. The average Bonchev–Trinajstić information content (AvgIpc) is 2.96.